The van der Waals surface area contributed by atoms with E-state index >= 15 is 0 Å². The maximum Gasteiger partial charge on any atom is -0.00366 e. The lowest BCUT2D eigenvalue weighted by Crippen LogP contribution is -1.98. The molecule has 2 N–H and O–H groups in total. The van der Waals surface area contributed by atoms with Crippen LogP contribution in [0.5, 0.6) is 0 Å². The summed E-state index contributed by atoms with van der Waals surface area (Å²) in [7, 11) is 0. The third kappa shape index (κ3) is 1.16. The van der Waals surface area contributed by atoms with Crippen molar-refractivity contribution in [3.8, 4) is 0 Å². The molecule has 0 radical (unpaired) electrons. The lowest BCUT2D eigenvalue weighted by atomic mass is 10.0. The van der Waals surface area contributed by atoms with E-state index in [1.54, 1.807) is 0 Å². The van der Waals surface area contributed by atoms with Crippen LogP contribution in [0, 0.1) is 0 Å². The molecule has 0 bridgehead atoms. The highest BCUT2D eigenvalue weighted by atomic mass is 14.5. The maximum absolute atomic E-state index is 5.52. The van der Waals surface area contributed by atoms with Crippen LogP contribution in [0.3, 0.4) is 0 Å². The van der Waals surface area contributed by atoms with Crippen LogP contribution in [0.15, 0.2) is 30.3 Å². The van der Waals surface area contributed by atoms with Crippen LogP contribution in [0.1, 0.15) is 17.5 Å². The molecule has 1 heteroatoms. The zero-order chi connectivity index (χ0) is 8.39. The molecule has 12 heavy (non-hydrogen) atoms. The molecule has 0 atom stereocenters. The van der Waals surface area contributed by atoms with Crippen LogP contribution in [0.25, 0.3) is 5.57 Å². The van der Waals surface area contributed by atoms with E-state index < -0.39 is 0 Å². The molecule has 1 aromatic carbocycles. The molecule has 1 aliphatic carbocycles. The molecular formula is C11H13N. The van der Waals surface area contributed by atoms with Crippen LogP contribution in [0.2, 0.25) is 0 Å². The normalized spacial score (nSPS) is 14.2. The van der Waals surface area contributed by atoms with Crippen molar-refractivity contribution in [2.75, 3.05) is 6.54 Å². The molecular weight excluding hydrogens is 146 g/mol. The fourth-order valence-corrected chi connectivity index (χ4v) is 1.75. The van der Waals surface area contributed by atoms with E-state index in [0.717, 1.165) is 19.4 Å². The van der Waals surface area contributed by atoms with Gasteiger partial charge in [-0.25, -0.2) is 0 Å². The van der Waals surface area contributed by atoms with E-state index in [0.29, 0.717) is 0 Å². The summed E-state index contributed by atoms with van der Waals surface area (Å²) < 4.78 is 0. The number of allylic oxidation sites excluding steroid dienone is 1. The first kappa shape index (κ1) is 7.56. The van der Waals surface area contributed by atoms with Gasteiger partial charge in [0.1, 0.15) is 0 Å². The highest BCUT2D eigenvalue weighted by molar-refractivity contribution is 5.72. The van der Waals surface area contributed by atoms with Gasteiger partial charge in [-0.1, -0.05) is 30.3 Å². The zero-order valence-corrected chi connectivity index (χ0v) is 7.09. The predicted molar refractivity (Wildman–Crippen MR) is 51.8 cm³/mol. The van der Waals surface area contributed by atoms with Crippen LogP contribution >= 0.6 is 0 Å². The lowest BCUT2D eigenvalue weighted by Gasteiger charge is -2.02. The molecule has 0 fully saturated rings. The summed E-state index contributed by atoms with van der Waals surface area (Å²) in [6.07, 6.45) is 4.39. The van der Waals surface area contributed by atoms with Gasteiger partial charge < -0.3 is 5.73 Å². The van der Waals surface area contributed by atoms with Crippen molar-refractivity contribution < 1.29 is 0 Å². The largest absolute Gasteiger partial charge is 0.330 e. The van der Waals surface area contributed by atoms with E-state index in [9.17, 15) is 0 Å². The minimum absolute atomic E-state index is 0.750. The molecule has 1 aromatic rings. The number of nitrogens with two attached hydrogens (primary N) is 1. The number of fused-ring (bicyclic) bond motifs is 1. The van der Waals surface area contributed by atoms with Gasteiger partial charge in [-0.3, -0.25) is 0 Å². The molecule has 2 rings (SSSR count). The van der Waals surface area contributed by atoms with Crippen molar-refractivity contribution in [3.05, 3.63) is 41.5 Å². The standard InChI is InChI=1S/C11H13N/c12-8-7-10-6-5-9-3-1-2-4-11(9)10/h1-4,6H,5,7-8,12H2. The van der Waals surface area contributed by atoms with Crippen LogP contribution in [-0.2, 0) is 6.42 Å². The Kier molecular flexibility index (Phi) is 1.96. The average Bonchev–Trinajstić information content (AvgIpc) is 2.50. The number of hydrogen-bond acceptors (Lipinski definition) is 1. The molecule has 0 amide bonds. The van der Waals surface area contributed by atoms with E-state index in [-0.39, 0.29) is 0 Å². The molecule has 0 heterocycles. The fraction of sp³-hybridized carbons (Fsp3) is 0.273. The Balaban J connectivity index is 2.32. The molecule has 0 unspecified atom stereocenters. The number of benzene rings is 1. The Morgan fingerprint density at radius 1 is 1.25 bits per heavy atom. The van der Waals surface area contributed by atoms with Gasteiger partial charge in [-0.2, -0.15) is 0 Å². The molecule has 1 aliphatic rings. The van der Waals surface area contributed by atoms with Crippen molar-refractivity contribution >= 4 is 5.57 Å². The predicted octanol–water partition coefficient (Wildman–Crippen LogP) is 1.97. The summed E-state index contributed by atoms with van der Waals surface area (Å²) in [5.74, 6) is 0. The van der Waals surface area contributed by atoms with Crippen molar-refractivity contribution in [2.24, 2.45) is 5.73 Å². The summed E-state index contributed by atoms with van der Waals surface area (Å²) in [4.78, 5) is 0. The first-order valence-corrected chi connectivity index (χ1v) is 4.39. The first-order valence-electron chi connectivity index (χ1n) is 4.39. The Hall–Kier alpha value is -1.08. The van der Waals surface area contributed by atoms with Crippen LogP contribution in [0.4, 0.5) is 0 Å². The smallest absolute Gasteiger partial charge is 0.00366 e. The summed E-state index contributed by atoms with van der Waals surface area (Å²) in [6, 6.07) is 8.56. The number of rotatable bonds is 2. The van der Waals surface area contributed by atoms with Gasteiger partial charge in [0.05, 0.1) is 0 Å². The van der Waals surface area contributed by atoms with Crippen molar-refractivity contribution in [2.45, 2.75) is 12.8 Å². The summed E-state index contributed by atoms with van der Waals surface area (Å²) in [6.45, 7) is 0.750. The summed E-state index contributed by atoms with van der Waals surface area (Å²) >= 11 is 0. The summed E-state index contributed by atoms with van der Waals surface area (Å²) in [5.41, 5.74) is 9.80. The van der Waals surface area contributed by atoms with Gasteiger partial charge in [0.15, 0.2) is 0 Å². The Morgan fingerprint density at radius 3 is 2.92 bits per heavy atom. The molecule has 0 saturated heterocycles. The second-order valence-electron chi connectivity index (χ2n) is 3.13. The summed E-state index contributed by atoms with van der Waals surface area (Å²) in [5, 5.41) is 0. The van der Waals surface area contributed by atoms with E-state index in [4.69, 9.17) is 5.73 Å². The fourth-order valence-electron chi connectivity index (χ4n) is 1.75. The van der Waals surface area contributed by atoms with Gasteiger partial charge in [0.2, 0.25) is 0 Å². The quantitative estimate of drug-likeness (QED) is 0.701. The molecule has 0 spiro atoms. The van der Waals surface area contributed by atoms with Gasteiger partial charge in [0.25, 0.3) is 0 Å². The highest BCUT2D eigenvalue weighted by Gasteiger charge is 2.11. The Labute approximate surface area is 72.9 Å². The second-order valence-corrected chi connectivity index (χ2v) is 3.13. The van der Waals surface area contributed by atoms with E-state index in [1.165, 1.54) is 16.7 Å². The minimum atomic E-state index is 0.750. The molecule has 1 nitrogen and oxygen atoms in total. The highest BCUT2D eigenvalue weighted by Crippen LogP contribution is 2.28. The van der Waals surface area contributed by atoms with E-state index in [2.05, 4.69) is 30.3 Å². The average molecular weight is 159 g/mol. The molecule has 0 aromatic heterocycles. The van der Waals surface area contributed by atoms with Gasteiger partial charge in [-0.15, -0.1) is 0 Å². The van der Waals surface area contributed by atoms with Crippen molar-refractivity contribution in [3.63, 3.8) is 0 Å². The van der Waals surface area contributed by atoms with Crippen LogP contribution < -0.4 is 5.73 Å². The number of hydrogen-bond donors (Lipinski definition) is 1. The third-order valence-electron chi connectivity index (χ3n) is 2.35. The van der Waals surface area contributed by atoms with E-state index in [1.807, 2.05) is 0 Å². The van der Waals surface area contributed by atoms with Crippen molar-refractivity contribution in [1.29, 1.82) is 0 Å². The Bertz CT molecular complexity index is 313. The van der Waals surface area contributed by atoms with Gasteiger partial charge >= 0.3 is 0 Å². The monoisotopic (exact) mass is 159 g/mol. The Morgan fingerprint density at radius 2 is 2.08 bits per heavy atom. The SMILES string of the molecule is NCCC1=CCc2ccccc21. The van der Waals surface area contributed by atoms with Gasteiger partial charge in [0, 0.05) is 0 Å². The zero-order valence-electron chi connectivity index (χ0n) is 7.09. The maximum atomic E-state index is 5.52. The minimum Gasteiger partial charge on any atom is -0.330 e. The molecule has 0 aliphatic heterocycles. The third-order valence-corrected chi connectivity index (χ3v) is 2.35. The first-order chi connectivity index (χ1) is 5.92. The molecule has 0 saturated carbocycles. The van der Waals surface area contributed by atoms with Crippen molar-refractivity contribution in [1.82, 2.24) is 0 Å². The topological polar surface area (TPSA) is 26.0 Å². The lowest BCUT2D eigenvalue weighted by molar-refractivity contribution is 1.02. The second kappa shape index (κ2) is 3.11. The van der Waals surface area contributed by atoms with Gasteiger partial charge in [-0.05, 0) is 36.1 Å². The molecule has 62 valence electrons. The van der Waals surface area contributed by atoms with Crippen LogP contribution in [-0.4, -0.2) is 6.54 Å².